The van der Waals surface area contributed by atoms with Crippen molar-refractivity contribution >= 4 is 43.5 Å². The van der Waals surface area contributed by atoms with Crippen molar-refractivity contribution in [1.29, 1.82) is 0 Å². The van der Waals surface area contributed by atoms with E-state index >= 15 is 0 Å². The molecule has 3 nitrogen and oxygen atoms in total. The minimum absolute atomic E-state index is 0.334. The normalized spacial score (nSPS) is 12.0. The predicted molar refractivity (Wildman–Crippen MR) is 107 cm³/mol. The van der Waals surface area contributed by atoms with E-state index in [0.717, 1.165) is 37.7 Å². The van der Waals surface area contributed by atoms with Crippen LogP contribution in [-0.4, -0.2) is 12.4 Å². The molecule has 3 rings (SSSR count). The van der Waals surface area contributed by atoms with Crippen molar-refractivity contribution < 1.29 is 8.42 Å². The largest absolute Gasteiger partial charge is 0.268 e. The maximum absolute atomic E-state index is 13.3. The number of aryl methyl sites for hydroxylation is 2. The third-order valence-electron chi connectivity index (χ3n) is 4.35. The standard InChI is InChI=1S/C19H20INO2S/c1-4-15-17(5-2)21(18-8-6-7-16(20)19(15)18)24(22,23)14-11-9-13(3)10-12-14/h6-12H,4-5H2,1-3H3. The van der Waals surface area contributed by atoms with Gasteiger partial charge >= 0.3 is 0 Å². The van der Waals surface area contributed by atoms with Crippen molar-refractivity contribution in [3.8, 4) is 0 Å². The third-order valence-corrected chi connectivity index (χ3v) is 7.02. The lowest BCUT2D eigenvalue weighted by Gasteiger charge is -2.12. The highest BCUT2D eigenvalue weighted by Crippen LogP contribution is 2.34. The molecular weight excluding hydrogens is 433 g/mol. The first-order valence-electron chi connectivity index (χ1n) is 8.04. The quantitative estimate of drug-likeness (QED) is 0.527. The van der Waals surface area contributed by atoms with Gasteiger partial charge in [0.25, 0.3) is 10.0 Å². The van der Waals surface area contributed by atoms with Crippen molar-refractivity contribution in [3.63, 3.8) is 0 Å². The number of halogens is 1. The van der Waals surface area contributed by atoms with Crippen molar-refractivity contribution in [1.82, 2.24) is 3.97 Å². The molecule has 0 saturated heterocycles. The molecule has 1 heterocycles. The van der Waals surface area contributed by atoms with E-state index in [2.05, 4.69) is 29.5 Å². The van der Waals surface area contributed by atoms with Gasteiger partial charge in [-0.15, -0.1) is 0 Å². The summed E-state index contributed by atoms with van der Waals surface area (Å²) >= 11 is 2.29. The van der Waals surface area contributed by atoms with Gasteiger partial charge < -0.3 is 0 Å². The van der Waals surface area contributed by atoms with Crippen LogP contribution in [0, 0.1) is 10.5 Å². The zero-order valence-corrected chi connectivity index (χ0v) is 17.0. The molecule has 0 aliphatic rings. The van der Waals surface area contributed by atoms with Crippen LogP contribution in [0.1, 0.15) is 30.7 Å². The van der Waals surface area contributed by atoms with Gasteiger partial charge in [0.15, 0.2) is 0 Å². The fourth-order valence-electron chi connectivity index (χ4n) is 3.22. The average molecular weight is 453 g/mol. The molecule has 0 fully saturated rings. The van der Waals surface area contributed by atoms with Gasteiger partial charge in [0.2, 0.25) is 0 Å². The Morgan fingerprint density at radius 3 is 2.25 bits per heavy atom. The lowest BCUT2D eigenvalue weighted by atomic mass is 10.1. The SMILES string of the molecule is CCc1c(CC)n(S(=O)(=O)c2ccc(C)cc2)c2cccc(I)c12. The summed E-state index contributed by atoms with van der Waals surface area (Å²) in [5.74, 6) is 0. The molecule has 0 unspecified atom stereocenters. The molecule has 3 aromatic rings. The molecule has 0 amide bonds. The number of fused-ring (bicyclic) bond motifs is 1. The molecule has 5 heteroatoms. The first-order chi connectivity index (χ1) is 11.4. The van der Waals surface area contributed by atoms with E-state index in [9.17, 15) is 8.42 Å². The van der Waals surface area contributed by atoms with Gasteiger partial charge in [-0.25, -0.2) is 12.4 Å². The summed E-state index contributed by atoms with van der Waals surface area (Å²) in [5, 5.41) is 1.06. The minimum Gasteiger partial charge on any atom is -0.238 e. The molecule has 126 valence electrons. The maximum Gasteiger partial charge on any atom is 0.268 e. The summed E-state index contributed by atoms with van der Waals surface area (Å²) in [6.45, 7) is 6.05. The summed E-state index contributed by atoms with van der Waals surface area (Å²) in [5.41, 5.74) is 3.84. The molecule has 0 aliphatic carbocycles. The van der Waals surface area contributed by atoms with Gasteiger partial charge in [-0.1, -0.05) is 37.6 Å². The Bertz CT molecular complexity index is 1000. The number of rotatable bonds is 4. The highest BCUT2D eigenvalue weighted by atomic mass is 127. The summed E-state index contributed by atoms with van der Waals surface area (Å²) in [6.07, 6.45) is 1.50. The monoisotopic (exact) mass is 453 g/mol. The Morgan fingerprint density at radius 1 is 1.00 bits per heavy atom. The minimum atomic E-state index is -3.62. The van der Waals surface area contributed by atoms with Crippen molar-refractivity contribution in [2.75, 3.05) is 0 Å². The van der Waals surface area contributed by atoms with Gasteiger partial charge in [0.1, 0.15) is 0 Å². The second kappa shape index (κ2) is 6.52. The molecule has 0 saturated carbocycles. The third kappa shape index (κ3) is 2.67. The molecular formula is C19H20INO2S. The molecule has 24 heavy (non-hydrogen) atoms. The maximum atomic E-state index is 13.3. The Morgan fingerprint density at radius 2 is 1.67 bits per heavy atom. The lowest BCUT2D eigenvalue weighted by Crippen LogP contribution is -2.16. The fourth-order valence-corrected chi connectivity index (χ4v) is 5.66. The van der Waals surface area contributed by atoms with Crippen molar-refractivity contribution in [3.05, 3.63) is 62.9 Å². The summed E-state index contributed by atoms with van der Waals surface area (Å²) in [4.78, 5) is 0.334. The van der Waals surface area contributed by atoms with E-state index in [-0.39, 0.29) is 0 Å². The zero-order chi connectivity index (χ0) is 17.5. The number of nitrogens with zero attached hydrogens (tertiary/aromatic N) is 1. The highest BCUT2D eigenvalue weighted by molar-refractivity contribution is 14.1. The van der Waals surface area contributed by atoms with E-state index in [1.807, 2.05) is 44.2 Å². The second-order valence-corrected chi connectivity index (χ2v) is 8.80. The van der Waals surface area contributed by atoms with Gasteiger partial charge in [0, 0.05) is 14.7 Å². The van der Waals surface area contributed by atoms with Gasteiger partial charge in [-0.2, -0.15) is 0 Å². The molecule has 0 N–H and O–H groups in total. The lowest BCUT2D eigenvalue weighted by molar-refractivity contribution is 0.587. The predicted octanol–water partition coefficient (Wildman–Crippen LogP) is 4.92. The van der Waals surface area contributed by atoms with Gasteiger partial charge in [-0.3, -0.25) is 0 Å². The molecule has 0 spiro atoms. The van der Waals surface area contributed by atoms with E-state index in [4.69, 9.17) is 0 Å². The van der Waals surface area contributed by atoms with Crippen LogP contribution >= 0.6 is 22.6 Å². The Hall–Kier alpha value is -1.34. The van der Waals surface area contributed by atoms with Crippen LogP contribution in [-0.2, 0) is 22.9 Å². The van der Waals surface area contributed by atoms with Gasteiger partial charge in [-0.05, 0) is 72.2 Å². The molecule has 2 aromatic carbocycles. The van der Waals surface area contributed by atoms with E-state index in [1.165, 1.54) is 0 Å². The molecule has 0 bridgehead atoms. The zero-order valence-electron chi connectivity index (χ0n) is 14.0. The number of aromatic nitrogens is 1. The first-order valence-corrected chi connectivity index (χ1v) is 10.6. The topological polar surface area (TPSA) is 39.1 Å². The van der Waals surface area contributed by atoms with E-state index in [0.29, 0.717) is 11.3 Å². The molecule has 0 aliphatic heterocycles. The Labute approximate surface area is 156 Å². The average Bonchev–Trinajstić information content (AvgIpc) is 2.90. The smallest absolute Gasteiger partial charge is 0.238 e. The molecule has 1 aromatic heterocycles. The van der Waals surface area contributed by atoms with Crippen LogP contribution in [0.4, 0.5) is 0 Å². The number of benzene rings is 2. The highest BCUT2D eigenvalue weighted by Gasteiger charge is 2.26. The van der Waals surface area contributed by atoms with Crippen LogP contribution in [0.2, 0.25) is 0 Å². The fraction of sp³-hybridized carbons (Fsp3) is 0.263. The summed E-state index contributed by atoms with van der Waals surface area (Å²) in [6, 6.07) is 12.9. The van der Waals surface area contributed by atoms with E-state index < -0.39 is 10.0 Å². The van der Waals surface area contributed by atoms with Crippen molar-refractivity contribution in [2.45, 2.75) is 38.5 Å². The first kappa shape index (κ1) is 17.5. The number of hydrogen-bond donors (Lipinski definition) is 0. The second-order valence-electron chi connectivity index (χ2n) is 5.85. The number of hydrogen-bond acceptors (Lipinski definition) is 2. The van der Waals surface area contributed by atoms with Crippen LogP contribution in [0.5, 0.6) is 0 Å². The van der Waals surface area contributed by atoms with Crippen LogP contribution < -0.4 is 0 Å². The van der Waals surface area contributed by atoms with Crippen molar-refractivity contribution in [2.24, 2.45) is 0 Å². The molecule has 0 radical (unpaired) electrons. The van der Waals surface area contributed by atoms with Crippen LogP contribution in [0.15, 0.2) is 47.4 Å². The Kier molecular flexibility index (Phi) is 4.75. The summed E-state index contributed by atoms with van der Waals surface area (Å²) < 4.78 is 29.3. The van der Waals surface area contributed by atoms with E-state index in [1.54, 1.807) is 16.1 Å². The van der Waals surface area contributed by atoms with Gasteiger partial charge in [0.05, 0.1) is 10.4 Å². The molecule has 0 atom stereocenters. The van der Waals surface area contributed by atoms with Crippen LogP contribution in [0.3, 0.4) is 0 Å². The Balaban J connectivity index is 2.41. The summed E-state index contributed by atoms with van der Waals surface area (Å²) in [7, 11) is -3.62. The van der Waals surface area contributed by atoms with Crippen LogP contribution in [0.25, 0.3) is 10.9 Å².